The second kappa shape index (κ2) is 9.05. The number of ether oxygens (including phenoxy) is 2. The van der Waals surface area contributed by atoms with Crippen molar-refractivity contribution in [2.75, 3.05) is 6.61 Å². The lowest BCUT2D eigenvalue weighted by atomic mass is 9.59. The Kier molecular flexibility index (Phi) is 6.73. The first-order valence-corrected chi connectivity index (χ1v) is 13.2. The Morgan fingerprint density at radius 3 is 2.30 bits per heavy atom. The summed E-state index contributed by atoms with van der Waals surface area (Å²) in [6.45, 7) is 14.5. The quantitative estimate of drug-likeness (QED) is 0.327. The molecule has 4 aliphatic carbocycles. The molecule has 2 fully saturated rings. The van der Waals surface area contributed by atoms with Gasteiger partial charge in [0.25, 0.3) is 0 Å². The van der Waals surface area contributed by atoms with Crippen LogP contribution in [-0.4, -0.2) is 52.4 Å². The van der Waals surface area contributed by atoms with Crippen LogP contribution in [0.4, 0.5) is 0 Å². The smallest absolute Gasteiger partial charge is 0.334 e. The second-order valence-corrected chi connectivity index (χ2v) is 11.9. The molecule has 0 radical (unpaired) electrons. The minimum absolute atomic E-state index is 0.0920. The highest BCUT2D eigenvalue weighted by molar-refractivity contribution is 5.96. The van der Waals surface area contributed by atoms with E-state index in [0.29, 0.717) is 28.7 Å². The van der Waals surface area contributed by atoms with Crippen LogP contribution in [0.25, 0.3) is 0 Å². The molecule has 2 bridgehead atoms. The average Bonchev–Trinajstić information content (AvgIpc) is 3.40. The lowest BCUT2D eigenvalue weighted by Crippen LogP contribution is -2.65. The molecule has 7 nitrogen and oxygen atoms in total. The van der Waals surface area contributed by atoms with Crippen molar-refractivity contribution in [3.63, 3.8) is 0 Å². The SMILES string of the molecule is C/C=C(/C)C(=O)OC[C@@]1(C)[C@H]2[C@@H]3C=C(C)[C@@H](O)[C@]4(O)[C@@H](OC(=O)/C(C)=C\C)C(C)=C[C@@]4(C3=O)[C@H](C)C[C@H]21. The van der Waals surface area contributed by atoms with Crippen LogP contribution in [0.5, 0.6) is 0 Å². The molecule has 0 aromatic heterocycles. The zero-order valence-electron chi connectivity index (χ0n) is 23.1. The van der Waals surface area contributed by atoms with Gasteiger partial charge in [-0.05, 0) is 76.9 Å². The third kappa shape index (κ3) is 3.64. The van der Waals surface area contributed by atoms with Gasteiger partial charge >= 0.3 is 11.9 Å². The fraction of sp³-hybridized carbons (Fsp3) is 0.633. The molecule has 9 atom stereocenters. The highest BCUT2D eigenvalue weighted by Crippen LogP contribution is 2.72. The molecule has 0 unspecified atom stereocenters. The maximum atomic E-state index is 14.5. The fourth-order valence-electron chi connectivity index (χ4n) is 7.37. The summed E-state index contributed by atoms with van der Waals surface area (Å²) in [5, 5.41) is 24.0. The van der Waals surface area contributed by atoms with Crippen molar-refractivity contribution in [2.24, 2.45) is 34.5 Å². The van der Waals surface area contributed by atoms with Gasteiger partial charge in [-0.25, -0.2) is 9.59 Å². The van der Waals surface area contributed by atoms with E-state index in [-0.39, 0.29) is 36.1 Å². The van der Waals surface area contributed by atoms with Gasteiger partial charge in [-0.3, -0.25) is 4.79 Å². The Bertz CT molecular complexity index is 1160. The standard InChI is InChI=1S/C30H40O7/c1-9-15(3)26(33)36-14-28(8)21-12-19(7)29-13-18(6)25(37-27(34)16(4)10-2)30(29,35)23(31)17(5)11-20(22(21)28)24(29)32/h9-11,13,19-23,25,31,35H,12,14H2,1-8H3/b15-9-,16-10-/t19-,20+,21-,22+,23-,25+,28-,29+,30+/m1/s1. The molecule has 0 saturated heterocycles. The number of carbonyl (C=O) groups excluding carboxylic acids is 3. The highest BCUT2D eigenvalue weighted by atomic mass is 16.6. The largest absolute Gasteiger partial charge is 0.462 e. The van der Waals surface area contributed by atoms with Gasteiger partial charge in [0.05, 0.1) is 12.0 Å². The zero-order chi connectivity index (χ0) is 27.7. The Morgan fingerprint density at radius 2 is 1.70 bits per heavy atom. The summed E-state index contributed by atoms with van der Waals surface area (Å²) < 4.78 is 11.4. The number of carbonyl (C=O) groups is 3. The molecular formula is C30H40O7. The third-order valence-corrected chi connectivity index (χ3v) is 9.89. The first-order valence-electron chi connectivity index (χ1n) is 13.2. The van der Waals surface area contributed by atoms with Crippen molar-refractivity contribution in [3.8, 4) is 0 Å². The van der Waals surface area contributed by atoms with Gasteiger partial charge < -0.3 is 19.7 Å². The molecule has 0 amide bonds. The Labute approximate surface area is 219 Å². The van der Waals surface area contributed by atoms with E-state index in [9.17, 15) is 24.6 Å². The molecule has 0 aromatic rings. The van der Waals surface area contributed by atoms with Crippen LogP contribution in [0.3, 0.4) is 0 Å². The molecule has 2 N–H and O–H groups in total. The van der Waals surface area contributed by atoms with Crippen LogP contribution >= 0.6 is 0 Å². The molecule has 2 saturated carbocycles. The minimum atomic E-state index is -2.03. The van der Waals surface area contributed by atoms with Gasteiger partial charge in [-0.1, -0.05) is 38.2 Å². The van der Waals surface area contributed by atoms with Gasteiger partial charge in [0.15, 0.2) is 17.5 Å². The molecule has 4 rings (SSSR count). The number of hydrogen-bond donors (Lipinski definition) is 2. The molecule has 7 heteroatoms. The van der Waals surface area contributed by atoms with Crippen LogP contribution in [-0.2, 0) is 23.9 Å². The number of aliphatic hydroxyl groups excluding tert-OH is 1. The van der Waals surface area contributed by atoms with E-state index in [1.807, 2.05) is 6.92 Å². The van der Waals surface area contributed by atoms with E-state index in [4.69, 9.17) is 9.47 Å². The predicted molar refractivity (Wildman–Crippen MR) is 138 cm³/mol. The van der Waals surface area contributed by atoms with Crippen LogP contribution in [0.1, 0.15) is 61.8 Å². The van der Waals surface area contributed by atoms with Crippen LogP contribution in [0.2, 0.25) is 0 Å². The molecule has 4 aliphatic rings. The Balaban J connectivity index is 1.75. The monoisotopic (exact) mass is 512 g/mol. The summed E-state index contributed by atoms with van der Waals surface area (Å²) in [4.78, 5) is 39.6. The summed E-state index contributed by atoms with van der Waals surface area (Å²) in [6, 6.07) is 0. The normalized spacial score (nSPS) is 43.0. The van der Waals surface area contributed by atoms with Crippen molar-refractivity contribution in [1.29, 1.82) is 0 Å². The number of Topliss-reactive ketones (excluding diaryl/α,β-unsaturated/α-hetero) is 1. The molecule has 0 aromatic carbocycles. The summed E-state index contributed by atoms with van der Waals surface area (Å²) in [6.07, 6.45) is 4.90. The molecule has 1 spiro atoms. The second-order valence-electron chi connectivity index (χ2n) is 11.9. The number of hydrogen-bond acceptors (Lipinski definition) is 7. The van der Waals surface area contributed by atoms with Crippen molar-refractivity contribution in [3.05, 3.63) is 46.6 Å². The Hall–Kier alpha value is -2.51. The van der Waals surface area contributed by atoms with Crippen molar-refractivity contribution >= 4 is 17.7 Å². The Morgan fingerprint density at radius 1 is 1.11 bits per heavy atom. The number of rotatable bonds is 5. The van der Waals surface area contributed by atoms with Gasteiger partial charge in [0.1, 0.15) is 6.10 Å². The van der Waals surface area contributed by atoms with Crippen molar-refractivity contribution in [1.82, 2.24) is 0 Å². The number of allylic oxidation sites excluding steroid dienone is 3. The summed E-state index contributed by atoms with van der Waals surface area (Å²) in [7, 11) is 0. The lowest BCUT2D eigenvalue weighted by molar-refractivity contribution is -0.201. The van der Waals surface area contributed by atoms with E-state index < -0.39 is 40.5 Å². The van der Waals surface area contributed by atoms with E-state index >= 15 is 0 Å². The molecule has 37 heavy (non-hydrogen) atoms. The van der Waals surface area contributed by atoms with Crippen molar-refractivity contribution < 1.29 is 34.1 Å². The summed E-state index contributed by atoms with van der Waals surface area (Å²) in [5.74, 6) is -2.05. The van der Waals surface area contributed by atoms with E-state index in [1.54, 1.807) is 65.8 Å². The molecule has 0 aliphatic heterocycles. The van der Waals surface area contributed by atoms with Gasteiger partial charge in [0.2, 0.25) is 0 Å². The minimum Gasteiger partial charge on any atom is -0.462 e. The van der Waals surface area contributed by atoms with Crippen LogP contribution in [0.15, 0.2) is 46.6 Å². The number of fused-ring (bicyclic) bond motifs is 3. The fourth-order valence-corrected chi connectivity index (χ4v) is 7.37. The number of aliphatic hydroxyl groups is 2. The average molecular weight is 513 g/mol. The predicted octanol–water partition coefficient (Wildman–Crippen LogP) is 3.85. The van der Waals surface area contributed by atoms with E-state index in [1.165, 1.54) is 0 Å². The molecule has 202 valence electrons. The van der Waals surface area contributed by atoms with E-state index in [0.717, 1.165) is 0 Å². The zero-order valence-corrected chi connectivity index (χ0v) is 23.1. The molecule has 0 heterocycles. The first-order chi connectivity index (χ1) is 17.2. The maximum absolute atomic E-state index is 14.5. The van der Waals surface area contributed by atoms with E-state index in [2.05, 4.69) is 6.92 Å². The van der Waals surface area contributed by atoms with Gasteiger partial charge in [0, 0.05) is 22.5 Å². The van der Waals surface area contributed by atoms with Gasteiger partial charge in [-0.2, -0.15) is 0 Å². The number of ketones is 1. The third-order valence-electron chi connectivity index (χ3n) is 9.89. The number of esters is 2. The summed E-state index contributed by atoms with van der Waals surface area (Å²) >= 11 is 0. The molecular weight excluding hydrogens is 472 g/mol. The van der Waals surface area contributed by atoms with Crippen LogP contribution in [0, 0.1) is 34.5 Å². The first kappa shape index (κ1) is 27.5. The topological polar surface area (TPSA) is 110 Å². The highest BCUT2D eigenvalue weighted by Gasteiger charge is 2.77. The lowest BCUT2D eigenvalue weighted by Gasteiger charge is -2.48. The van der Waals surface area contributed by atoms with Crippen LogP contribution < -0.4 is 0 Å². The van der Waals surface area contributed by atoms with Gasteiger partial charge in [-0.15, -0.1) is 0 Å². The maximum Gasteiger partial charge on any atom is 0.334 e. The summed E-state index contributed by atoms with van der Waals surface area (Å²) in [5.41, 5.74) is -1.90. The van der Waals surface area contributed by atoms with Crippen molar-refractivity contribution in [2.45, 2.75) is 79.6 Å².